The van der Waals surface area contributed by atoms with E-state index in [-0.39, 0.29) is 35.8 Å². The Morgan fingerprint density at radius 2 is 1.96 bits per heavy atom. The van der Waals surface area contributed by atoms with Gasteiger partial charge in [0.2, 0.25) is 5.91 Å². The van der Waals surface area contributed by atoms with Crippen LogP contribution in [0.4, 0.5) is 25.0 Å². The van der Waals surface area contributed by atoms with E-state index in [1.807, 2.05) is 0 Å². The van der Waals surface area contributed by atoms with E-state index in [1.165, 1.54) is 11.8 Å². The normalized spacial score (nSPS) is 23.5. The van der Waals surface area contributed by atoms with Crippen molar-refractivity contribution < 1.29 is 27.8 Å². The van der Waals surface area contributed by atoms with Crippen molar-refractivity contribution in [3.05, 3.63) is 23.8 Å². The summed E-state index contributed by atoms with van der Waals surface area (Å²) in [6.45, 7) is 3.99. The van der Waals surface area contributed by atoms with Gasteiger partial charge in [0.15, 0.2) is 11.6 Å². The van der Waals surface area contributed by atoms with E-state index in [4.69, 9.17) is 9.47 Å². The lowest BCUT2D eigenvalue weighted by Crippen LogP contribution is -2.66. The molecule has 0 bridgehead atoms. The molecule has 3 saturated heterocycles. The number of nitrogens with one attached hydrogen (secondary N) is 1. The molecule has 1 aromatic carbocycles. The average molecular weight is 367 g/mol. The van der Waals surface area contributed by atoms with Crippen LogP contribution in [0, 0.1) is 17.0 Å². The van der Waals surface area contributed by atoms with Crippen LogP contribution in [0.2, 0.25) is 0 Å². The highest BCUT2D eigenvalue weighted by molar-refractivity contribution is 5.90. The number of anilines is 2. The molecule has 1 atom stereocenters. The molecular weight excluding hydrogens is 348 g/mol. The van der Waals surface area contributed by atoms with Gasteiger partial charge in [-0.05, 0) is 0 Å². The average Bonchev–Trinajstić information content (AvgIpc) is 2.85. The summed E-state index contributed by atoms with van der Waals surface area (Å²) in [7, 11) is 0. The summed E-state index contributed by atoms with van der Waals surface area (Å²) in [4.78, 5) is 25.8. The summed E-state index contributed by atoms with van der Waals surface area (Å²) in [5, 5.41) is 2.55. The lowest BCUT2D eigenvalue weighted by atomic mass is 9.77. The molecule has 0 aliphatic carbocycles. The third-order valence-corrected chi connectivity index (χ3v) is 4.95. The summed E-state index contributed by atoms with van der Waals surface area (Å²) in [5.41, 5.74) is 0.0580. The standard InChI is InChI=1S/C17H19F2N3O4/c1-10(23)20-4-12-5-22(16(24)26-12)11-2-13(18)15(14(19)3-11)21-6-17(7-21)8-25-9-17/h2-3,12H,4-9H2,1H3,(H,20,23)/t12-/m0/s1. The number of ether oxygens (including phenoxy) is 2. The highest BCUT2D eigenvalue weighted by atomic mass is 19.1. The van der Waals surface area contributed by atoms with Gasteiger partial charge in [0.25, 0.3) is 0 Å². The van der Waals surface area contributed by atoms with E-state index < -0.39 is 23.8 Å². The maximum atomic E-state index is 14.5. The van der Waals surface area contributed by atoms with Crippen LogP contribution in [-0.2, 0) is 14.3 Å². The van der Waals surface area contributed by atoms with Crippen molar-refractivity contribution in [2.24, 2.45) is 5.41 Å². The number of amides is 2. The maximum Gasteiger partial charge on any atom is 0.414 e. The van der Waals surface area contributed by atoms with Gasteiger partial charge in [-0.1, -0.05) is 0 Å². The highest BCUT2D eigenvalue weighted by Gasteiger charge is 2.50. The van der Waals surface area contributed by atoms with Crippen LogP contribution in [0.5, 0.6) is 0 Å². The molecule has 3 fully saturated rings. The number of rotatable bonds is 4. The van der Waals surface area contributed by atoms with Crippen molar-refractivity contribution in [2.75, 3.05) is 49.2 Å². The molecule has 3 aliphatic rings. The number of hydrogen-bond donors (Lipinski definition) is 1. The minimum atomic E-state index is -0.715. The molecule has 2 amide bonds. The quantitative estimate of drug-likeness (QED) is 0.868. The lowest BCUT2D eigenvalue weighted by Gasteiger charge is -2.56. The van der Waals surface area contributed by atoms with E-state index in [1.54, 1.807) is 4.90 Å². The first-order chi connectivity index (χ1) is 12.4. The van der Waals surface area contributed by atoms with Crippen molar-refractivity contribution in [1.29, 1.82) is 0 Å². The summed E-state index contributed by atoms with van der Waals surface area (Å²) in [5.74, 6) is -1.67. The van der Waals surface area contributed by atoms with Crippen LogP contribution in [0.15, 0.2) is 12.1 Å². The van der Waals surface area contributed by atoms with Crippen molar-refractivity contribution in [1.82, 2.24) is 5.32 Å². The SMILES string of the molecule is CC(=O)NC[C@H]1CN(c2cc(F)c(N3CC4(COC4)C3)c(F)c2)C(=O)O1. The smallest absolute Gasteiger partial charge is 0.414 e. The Morgan fingerprint density at radius 1 is 1.31 bits per heavy atom. The highest BCUT2D eigenvalue weighted by Crippen LogP contribution is 2.42. The van der Waals surface area contributed by atoms with E-state index in [0.717, 1.165) is 12.1 Å². The van der Waals surface area contributed by atoms with Crippen molar-refractivity contribution in [3.63, 3.8) is 0 Å². The summed E-state index contributed by atoms with van der Waals surface area (Å²) >= 11 is 0. The second kappa shape index (κ2) is 6.08. The van der Waals surface area contributed by atoms with E-state index in [9.17, 15) is 18.4 Å². The molecule has 0 saturated carbocycles. The van der Waals surface area contributed by atoms with Gasteiger partial charge in [0, 0.05) is 32.1 Å². The molecule has 0 aromatic heterocycles. The molecule has 1 spiro atoms. The minimum absolute atomic E-state index is 0.0350. The van der Waals surface area contributed by atoms with Crippen molar-refractivity contribution in [3.8, 4) is 0 Å². The Labute approximate surface area is 148 Å². The topological polar surface area (TPSA) is 71.1 Å². The Balaban J connectivity index is 1.48. The molecule has 7 nitrogen and oxygen atoms in total. The summed E-state index contributed by atoms with van der Waals surface area (Å²) in [6.07, 6.45) is -1.26. The van der Waals surface area contributed by atoms with Crippen LogP contribution < -0.4 is 15.1 Å². The van der Waals surface area contributed by atoms with Gasteiger partial charge < -0.3 is 19.7 Å². The fourth-order valence-electron chi connectivity index (χ4n) is 3.60. The van der Waals surface area contributed by atoms with Gasteiger partial charge in [0.05, 0.1) is 37.4 Å². The van der Waals surface area contributed by atoms with Gasteiger partial charge in [-0.2, -0.15) is 0 Å². The molecule has 1 N–H and O–H groups in total. The van der Waals surface area contributed by atoms with Gasteiger partial charge in [-0.25, -0.2) is 13.6 Å². The largest absolute Gasteiger partial charge is 0.442 e. The molecule has 4 rings (SSSR count). The van der Waals surface area contributed by atoms with Crippen molar-refractivity contribution in [2.45, 2.75) is 13.0 Å². The van der Waals surface area contributed by atoms with Gasteiger partial charge in [-0.3, -0.25) is 9.69 Å². The zero-order valence-electron chi connectivity index (χ0n) is 14.3. The number of carbonyl (C=O) groups is 2. The summed E-state index contributed by atoms with van der Waals surface area (Å²) < 4.78 is 39.4. The molecule has 26 heavy (non-hydrogen) atoms. The number of nitrogens with zero attached hydrogens (tertiary/aromatic N) is 2. The molecule has 140 valence electrons. The predicted molar refractivity (Wildman–Crippen MR) is 88.1 cm³/mol. The fourth-order valence-corrected chi connectivity index (χ4v) is 3.60. The third kappa shape index (κ3) is 2.86. The minimum Gasteiger partial charge on any atom is -0.442 e. The number of halogens is 2. The zero-order chi connectivity index (χ0) is 18.5. The Kier molecular flexibility index (Phi) is 3.98. The maximum absolute atomic E-state index is 14.5. The van der Waals surface area contributed by atoms with E-state index in [2.05, 4.69) is 5.32 Å². The van der Waals surface area contributed by atoms with Gasteiger partial charge in [-0.15, -0.1) is 0 Å². The summed E-state index contributed by atoms with van der Waals surface area (Å²) in [6, 6.07) is 2.28. The molecule has 1 aromatic rings. The number of benzene rings is 1. The first-order valence-corrected chi connectivity index (χ1v) is 8.41. The van der Waals surface area contributed by atoms with E-state index >= 15 is 0 Å². The monoisotopic (exact) mass is 367 g/mol. The zero-order valence-corrected chi connectivity index (χ0v) is 14.3. The molecule has 3 aliphatic heterocycles. The Bertz CT molecular complexity index is 737. The third-order valence-electron chi connectivity index (χ3n) is 4.95. The fraction of sp³-hybridized carbons (Fsp3) is 0.529. The first-order valence-electron chi connectivity index (χ1n) is 8.41. The second-order valence-corrected chi connectivity index (χ2v) is 7.16. The Morgan fingerprint density at radius 3 is 2.50 bits per heavy atom. The van der Waals surface area contributed by atoms with Crippen LogP contribution in [0.1, 0.15) is 6.92 Å². The van der Waals surface area contributed by atoms with E-state index in [0.29, 0.717) is 26.3 Å². The van der Waals surface area contributed by atoms with Crippen LogP contribution in [0.3, 0.4) is 0 Å². The number of cyclic esters (lactones) is 1. The van der Waals surface area contributed by atoms with Crippen LogP contribution in [0.25, 0.3) is 0 Å². The van der Waals surface area contributed by atoms with Gasteiger partial charge in [0.1, 0.15) is 11.8 Å². The van der Waals surface area contributed by atoms with Crippen LogP contribution in [-0.4, -0.2) is 57.5 Å². The molecule has 0 radical (unpaired) electrons. The molecule has 3 heterocycles. The molecule has 0 unspecified atom stereocenters. The Hall–Kier alpha value is -2.42. The van der Waals surface area contributed by atoms with Crippen LogP contribution >= 0.6 is 0 Å². The molecular formula is C17H19F2N3O4. The molecule has 9 heteroatoms. The van der Waals surface area contributed by atoms with Gasteiger partial charge >= 0.3 is 6.09 Å². The number of hydrogen-bond acceptors (Lipinski definition) is 5. The van der Waals surface area contributed by atoms with Crippen molar-refractivity contribution >= 4 is 23.4 Å². The second-order valence-electron chi connectivity index (χ2n) is 7.16. The number of carbonyl (C=O) groups excluding carboxylic acids is 2. The lowest BCUT2D eigenvalue weighted by molar-refractivity contribution is -0.127. The predicted octanol–water partition coefficient (Wildman–Crippen LogP) is 1.26. The first kappa shape index (κ1) is 17.0.